The Morgan fingerprint density at radius 3 is 2.76 bits per heavy atom. The first-order valence-corrected chi connectivity index (χ1v) is 7.38. The zero-order chi connectivity index (χ0) is 12.3. The monoisotopic (exact) mass is 253 g/mol. The van der Waals surface area contributed by atoms with Crippen LogP contribution < -0.4 is 11.1 Å². The van der Waals surface area contributed by atoms with Crippen LogP contribution in [0.3, 0.4) is 0 Å². The fraction of sp³-hybridized carbons (Fsp3) is 0.769. The van der Waals surface area contributed by atoms with Gasteiger partial charge in [0.1, 0.15) is 5.01 Å². The average molecular weight is 253 g/mol. The van der Waals surface area contributed by atoms with E-state index in [0.29, 0.717) is 12.1 Å². The van der Waals surface area contributed by atoms with Gasteiger partial charge in [0.2, 0.25) is 0 Å². The van der Waals surface area contributed by atoms with E-state index in [1.807, 2.05) is 6.20 Å². The van der Waals surface area contributed by atoms with Gasteiger partial charge in [0, 0.05) is 17.1 Å². The van der Waals surface area contributed by atoms with Crippen LogP contribution in [-0.2, 0) is 0 Å². The first kappa shape index (κ1) is 13.0. The molecular formula is C13H23N3S. The maximum absolute atomic E-state index is 5.92. The molecule has 1 fully saturated rings. The second-order valence-electron chi connectivity index (χ2n) is 5.22. The van der Waals surface area contributed by atoms with Crippen molar-refractivity contribution in [1.29, 1.82) is 0 Å². The van der Waals surface area contributed by atoms with Gasteiger partial charge in [-0.3, -0.25) is 0 Å². The van der Waals surface area contributed by atoms with Crippen LogP contribution in [0.25, 0.3) is 0 Å². The summed E-state index contributed by atoms with van der Waals surface area (Å²) in [5.41, 5.74) is 5.92. The van der Waals surface area contributed by atoms with Crippen molar-refractivity contribution in [3.63, 3.8) is 0 Å². The fourth-order valence-corrected chi connectivity index (χ4v) is 3.20. The third-order valence-electron chi connectivity index (χ3n) is 3.61. The maximum atomic E-state index is 5.92. The highest BCUT2D eigenvalue weighted by Gasteiger charge is 2.19. The topological polar surface area (TPSA) is 50.9 Å². The van der Waals surface area contributed by atoms with Crippen LogP contribution in [0.15, 0.2) is 6.20 Å². The number of aryl methyl sites for hydroxylation is 1. The third-order valence-corrected chi connectivity index (χ3v) is 4.71. The first-order chi connectivity index (χ1) is 8.15. The molecule has 3 nitrogen and oxygen atoms in total. The van der Waals surface area contributed by atoms with Crippen LogP contribution in [0.4, 0.5) is 0 Å². The molecule has 0 radical (unpaired) electrons. The first-order valence-electron chi connectivity index (χ1n) is 6.56. The summed E-state index contributed by atoms with van der Waals surface area (Å²) in [5.74, 6) is 0.804. The van der Waals surface area contributed by atoms with Crippen molar-refractivity contribution in [2.24, 2.45) is 11.7 Å². The summed E-state index contributed by atoms with van der Waals surface area (Å²) in [6.45, 7) is 5.41. The predicted octanol–water partition coefficient (Wildman–Crippen LogP) is 2.62. The lowest BCUT2D eigenvalue weighted by atomic mass is 9.86. The van der Waals surface area contributed by atoms with Crippen molar-refractivity contribution in [2.75, 3.05) is 6.54 Å². The molecule has 0 saturated heterocycles. The summed E-state index contributed by atoms with van der Waals surface area (Å²) < 4.78 is 0. The minimum absolute atomic E-state index is 0.379. The van der Waals surface area contributed by atoms with E-state index in [2.05, 4.69) is 24.1 Å². The Labute approximate surface area is 108 Å². The fourth-order valence-electron chi connectivity index (χ4n) is 2.40. The average Bonchev–Trinajstić information content (AvgIpc) is 2.75. The molecule has 2 rings (SSSR count). The molecule has 17 heavy (non-hydrogen) atoms. The highest BCUT2D eigenvalue weighted by Crippen LogP contribution is 2.24. The number of hydrogen-bond acceptors (Lipinski definition) is 4. The normalized spacial score (nSPS) is 27.0. The van der Waals surface area contributed by atoms with E-state index >= 15 is 0 Å². The van der Waals surface area contributed by atoms with Gasteiger partial charge in [-0.15, -0.1) is 11.3 Å². The lowest BCUT2D eigenvalue weighted by Gasteiger charge is -2.27. The Kier molecular flexibility index (Phi) is 4.54. The Bertz CT molecular complexity index is 342. The number of nitrogens with zero attached hydrogens (tertiary/aromatic N) is 1. The zero-order valence-corrected chi connectivity index (χ0v) is 11.6. The maximum Gasteiger partial charge on any atom is 0.109 e. The third kappa shape index (κ3) is 3.76. The van der Waals surface area contributed by atoms with E-state index < -0.39 is 0 Å². The molecule has 0 spiro atoms. The summed E-state index contributed by atoms with van der Waals surface area (Å²) >= 11 is 1.79. The van der Waals surface area contributed by atoms with Crippen LogP contribution in [0.5, 0.6) is 0 Å². The van der Waals surface area contributed by atoms with Gasteiger partial charge in [-0.2, -0.15) is 0 Å². The van der Waals surface area contributed by atoms with Crippen LogP contribution in [0.2, 0.25) is 0 Å². The molecule has 3 N–H and O–H groups in total. The van der Waals surface area contributed by atoms with Gasteiger partial charge in [-0.1, -0.05) is 0 Å². The SMILES string of the molecule is Cc1cnc(C(C)NCC2CCC(N)CC2)s1. The lowest BCUT2D eigenvalue weighted by molar-refractivity contribution is 0.306. The van der Waals surface area contributed by atoms with Crippen molar-refractivity contribution in [3.8, 4) is 0 Å². The predicted molar refractivity (Wildman–Crippen MR) is 73.2 cm³/mol. The molecule has 1 heterocycles. The minimum atomic E-state index is 0.379. The molecule has 1 aromatic rings. The van der Waals surface area contributed by atoms with Gasteiger partial charge in [-0.25, -0.2) is 4.98 Å². The zero-order valence-electron chi connectivity index (χ0n) is 10.8. The molecule has 1 aliphatic rings. The highest BCUT2D eigenvalue weighted by atomic mass is 32.1. The van der Waals surface area contributed by atoms with Crippen molar-refractivity contribution in [1.82, 2.24) is 10.3 Å². The molecule has 1 saturated carbocycles. The van der Waals surface area contributed by atoms with Gasteiger partial charge in [0.25, 0.3) is 0 Å². The lowest BCUT2D eigenvalue weighted by Crippen LogP contribution is -2.32. The number of rotatable bonds is 4. The Balaban J connectivity index is 1.74. The van der Waals surface area contributed by atoms with Crippen molar-refractivity contribution >= 4 is 11.3 Å². The Morgan fingerprint density at radius 1 is 1.47 bits per heavy atom. The van der Waals surface area contributed by atoms with E-state index in [9.17, 15) is 0 Å². The molecule has 96 valence electrons. The summed E-state index contributed by atoms with van der Waals surface area (Å²) in [6.07, 6.45) is 6.89. The van der Waals surface area contributed by atoms with Gasteiger partial charge >= 0.3 is 0 Å². The van der Waals surface area contributed by atoms with Crippen molar-refractivity contribution in [3.05, 3.63) is 16.1 Å². The number of thiazole rings is 1. The molecule has 0 bridgehead atoms. The summed E-state index contributed by atoms with van der Waals surface area (Å²) in [4.78, 5) is 5.72. The van der Waals surface area contributed by atoms with Crippen LogP contribution in [-0.4, -0.2) is 17.6 Å². The van der Waals surface area contributed by atoms with E-state index in [4.69, 9.17) is 5.73 Å². The second kappa shape index (κ2) is 5.94. The minimum Gasteiger partial charge on any atom is -0.328 e. The summed E-state index contributed by atoms with van der Waals surface area (Å²) in [6, 6.07) is 0.828. The smallest absolute Gasteiger partial charge is 0.109 e. The van der Waals surface area contributed by atoms with Crippen LogP contribution in [0, 0.1) is 12.8 Å². The van der Waals surface area contributed by atoms with Crippen molar-refractivity contribution < 1.29 is 0 Å². The number of hydrogen-bond donors (Lipinski definition) is 2. The van der Waals surface area contributed by atoms with Gasteiger partial charge in [0.15, 0.2) is 0 Å². The van der Waals surface area contributed by atoms with Crippen LogP contribution in [0.1, 0.15) is 48.5 Å². The van der Waals surface area contributed by atoms with Gasteiger partial charge < -0.3 is 11.1 Å². The molecule has 0 aliphatic heterocycles. The molecule has 4 heteroatoms. The van der Waals surface area contributed by atoms with E-state index in [0.717, 1.165) is 12.5 Å². The largest absolute Gasteiger partial charge is 0.328 e. The molecule has 1 aromatic heterocycles. The number of nitrogens with one attached hydrogen (secondary N) is 1. The standard InChI is InChI=1S/C13H23N3S/c1-9-7-16-13(17-9)10(2)15-8-11-3-5-12(14)6-4-11/h7,10-12,15H,3-6,8,14H2,1-2H3. The molecular weight excluding hydrogens is 230 g/mol. The quantitative estimate of drug-likeness (QED) is 0.867. The van der Waals surface area contributed by atoms with E-state index in [1.165, 1.54) is 35.6 Å². The highest BCUT2D eigenvalue weighted by molar-refractivity contribution is 7.11. The summed E-state index contributed by atoms with van der Waals surface area (Å²) in [5, 5.41) is 4.81. The molecule has 1 atom stereocenters. The van der Waals surface area contributed by atoms with Crippen molar-refractivity contribution in [2.45, 2.75) is 51.6 Å². The second-order valence-corrected chi connectivity index (χ2v) is 6.49. The van der Waals surface area contributed by atoms with Gasteiger partial charge in [0.05, 0.1) is 6.04 Å². The number of nitrogens with two attached hydrogens (primary N) is 1. The van der Waals surface area contributed by atoms with E-state index in [1.54, 1.807) is 11.3 Å². The summed E-state index contributed by atoms with van der Waals surface area (Å²) in [7, 11) is 0. The van der Waals surface area contributed by atoms with E-state index in [-0.39, 0.29) is 0 Å². The van der Waals surface area contributed by atoms with Gasteiger partial charge in [-0.05, 0) is 52.0 Å². The molecule has 1 unspecified atom stereocenters. The molecule has 0 aromatic carbocycles. The Morgan fingerprint density at radius 2 is 2.18 bits per heavy atom. The number of aromatic nitrogens is 1. The molecule has 0 amide bonds. The molecule has 1 aliphatic carbocycles. The Hall–Kier alpha value is -0.450. The van der Waals surface area contributed by atoms with Crippen LogP contribution >= 0.6 is 11.3 Å².